The van der Waals surface area contributed by atoms with Crippen LogP contribution < -0.4 is 0 Å². The molecule has 0 unspecified atom stereocenters. The number of ketones is 2. The second kappa shape index (κ2) is 6.30. The van der Waals surface area contributed by atoms with Gasteiger partial charge in [0, 0.05) is 16.7 Å². The van der Waals surface area contributed by atoms with Gasteiger partial charge in [-0.1, -0.05) is 25.4 Å². The van der Waals surface area contributed by atoms with E-state index in [4.69, 9.17) is 11.6 Å². The largest absolute Gasteiger partial charge is 0.390 e. The standard InChI is InChI=1S/C22H25ClF2O5/c1-10-4-11-12-5-15(24)13-6-16(27)14(23)7-19(13,2)21(12,25)17(28)8-20(11,3)22(10,30)18(29)9-26/h6-7,9-12,15,17,28,30H,4-5,8H2,1-3H3/t10-,11+,12+,15+,17+,19+,20+,21+,22+/m1/s1. The van der Waals surface area contributed by atoms with Gasteiger partial charge in [-0.2, -0.15) is 0 Å². The summed E-state index contributed by atoms with van der Waals surface area (Å²) in [5.74, 6) is -3.99. The molecule has 3 fully saturated rings. The van der Waals surface area contributed by atoms with E-state index in [9.17, 15) is 24.6 Å². The van der Waals surface area contributed by atoms with E-state index in [2.05, 4.69) is 0 Å². The van der Waals surface area contributed by atoms with Gasteiger partial charge in [0.1, 0.15) is 11.8 Å². The Hall–Kier alpha value is -1.44. The van der Waals surface area contributed by atoms with Crippen LogP contribution in [0.5, 0.6) is 0 Å². The van der Waals surface area contributed by atoms with Crippen LogP contribution in [0.2, 0.25) is 0 Å². The minimum atomic E-state index is -2.36. The first kappa shape index (κ1) is 21.8. The molecule has 0 aromatic rings. The number of Topliss-reactive ketones (excluding diaryl/α,β-unsaturated/α-hetero) is 1. The third kappa shape index (κ3) is 2.21. The first-order valence-electron chi connectivity index (χ1n) is 10.2. The van der Waals surface area contributed by atoms with Crippen molar-refractivity contribution in [3.63, 3.8) is 0 Å². The van der Waals surface area contributed by atoms with E-state index >= 15 is 8.78 Å². The maximum atomic E-state index is 17.0. The molecule has 0 saturated heterocycles. The molecule has 0 radical (unpaired) electrons. The van der Waals surface area contributed by atoms with E-state index in [1.807, 2.05) is 0 Å². The Morgan fingerprint density at radius 1 is 1.30 bits per heavy atom. The lowest BCUT2D eigenvalue weighted by atomic mass is 9.44. The zero-order valence-corrected chi connectivity index (χ0v) is 17.7. The number of halogens is 3. The van der Waals surface area contributed by atoms with Crippen molar-refractivity contribution in [2.45, 2.75) is 63.6 Å². The molecular formula is C22H25ClF2O5. The Morgan fingerprint density at radius 3 is 2.53 bits per heavy atom. The predicted molar refractivity (Wildman–Crippen MR) is 104 cm³/mol. The van der Waals surface area contributed by atoms with Gasteiger partial charge in [0.05, 0.1) is 11.1 Å². The number of aliphatic hydroxyl groups excluding tert-OH is 1. The van der Waals surface area contributed by atoms with E-state index in [0.29, 0.717) is 0 Å². The van der Waals surface area contributed by atoms with Crippen molar-refractivity contribution < 1.29 is 33.4 Å². The molecule has 0 aromatic carbocycles. The fourth-order valence-corrected chi connectivity index (χ4v) is 7.48. The molecule has 0 amide bonds. The third-order valence-electron chi connectivity index (χ3n) is 8.75. The second-order valence-electron chi connectivity index (χ2n) is 9.87. The average Bonchev–Trinajstić information content (AvgIpc) is 2.87. The van der Waals surface area contributed by atoms with Crippen molar-refractivity contribution in [2.24, 2.45) is 28.6 Å². The smallest absolute Gasteiger partial charge is 0.227 e. The number of carbonyl (C=O) groups is 3. The molecule has 4 aliphatic rings. The fraction of sp³-hybridized carbons (Fsp3) is 0.682. The van der Waals surface area contributed by atoms with Crippen LogP contribution in [0.3, 0.4) is 0 Å². The molecule has 2 N–H and O–H groups in total. The van der Waals surface area contributed by atoms with Gasteiger partial charge < -0.3 is 10.2 Å². The summed E-state index contributed by atoms with van der Waals surface area (Å²) in [5.41, 5.74) is -7.44. The minimum Gasteiger partial charge on any atom is -0.390 e. The molecule has 30 heavy (non-hydrogen) atoms. The summed E-state index contributed by atoms with van der Waals surface area (Å²) in [5, 5.41) is 22.2. The highest BCUT2D eigenvalue weighted by Crippen LogP contribution is 2.71. The van der Waals surface area contributed by atoms with Gasteiger partial charge >= 0.3 is 0 Å². The minimum absolute atomic E-state index is 0.0522. The lowest BCUT2D eigenvalue weighted by Crippen LogP contribution is -2.70. The molecule has 0 aliphatic heterocycles. The van der Waals surface area contributed by atoms with Gasteiger partial charge in [0.25, 0.3) is 0 Å². The summed E-state index contributed by atoms with van der Waals surface area (Å²) in [6.07, 6.45) is -1.43. The van der Waals surface area contributed by atoms with Crippen molar-refractivity contribution in [1.29, 1.82) is 0 Å². The molecule has 8 heteroatoms. The highest BCUT2D eigenvalue weighted by atomic mass is 35.5. The number of allylic oxidation sites excluding steroid dienone is 4. The zero-order valence-electron chi connectivity index (χ0n) is 17.0. The van der Waals surface area contributed by atoms with Crippen molar-refractivity contribution in [3.05, 3.63) is 22.8 Å². The number of hydrogen-bond donors (Lipinski definition) is 2. The van der Waals surface area contributed by atoms with Crippen molar-refractivity contribution in [1.82, 2.24) is 0 Å². The SMILES string of the molecule is C[C@@H]1C[C@H]2[C@@H]3C[C@H](F)C4=CC(=O)C(Cl)=C[C@]4(C)[C@@]3(F)[C@@H](O)C[C@]2(C)[C@@]1(O)C(=O)C=O. The topological polar surface area (TPSA) is 91.7 Å². The summed E-state index contributed by atoms with van der Waals surface area (Å²) in [4.78, 5) is 35.7. The second-order valence-corrected chi connectivity index (χ2v) is 10.3. The van der Waals surface area contributed by atoms with Gasteiger partial charge in [-0.3, -0.25) is 14.4 Å². The number of rotatable bonds is 2. The Morgan fingerprint density at radius 2 is 1.93 bits per heavy atom. The molecule has 0 aromatic heterocycles. The van der Waals surface area contributed by atoms with Crippen LogP contribution in [0.1, 0.15) is 40.0 Å². The zero-order chi connectivity index (χ0) is 22.4. The van der Waals surface area contributed by atoms with Crippen LogP contribution in [0.15, 0.2) is 22.8 Å². The van der Waals surface area contributed by atoms with Gasteiger partial charge in [-0.15, -0.1) is 0 Å². The van der Waals surface area contributed by atoms with E-state index in [0.717, 1.165) is 6.08 Å². The molecule has 0 bridgehead atoms. The molecular weight excluding hydrogens is 418 g/mol. The quantitative estimate of drug-likeness (QED) is 0.506. The first-order valence-corrected chi connectivity index (χ1v) is 10.5. The van der Waals surface area contributed by atoms with Crippen molar-refractivity contribution in [3.8, 4) is 0 Å². The van der Waals surface area contributed by atoms with Crippen LogP contribution >= 0.6 is 11.6 Å². The lowest BCUT2D eigenvalue weighted by molar-refractivity contribution is -0.222. The molecule has 0 spiro atoms. The van der Waals surface area contributed by atoms with E-state index in [1.54, 1.807) is 13.8 Å². The molecule has 4 rings (SSSR count). The highest BCUT2D eigenvalue weighted by molar-refractivity contribution is 6.44. The fourth-order valence-electron chi connectivity index (χ4n) is 7.21. The number of hydrogen-bond acceptors (Lipinski definition) is 5. The molecule has 9 atom stereocenters. The van der Waals surface area contributed by atoms with Gasteiger partial charge in [-0.05, 0) is 55.7 Å². The summed E-state index contributed by atoms with van der Waals surface area (Å²) < 4.78 is 32.3. The Kier molecular flexibility index (Phi) is 4.57. The Balaban J connectivity index is 1.90. The first-order chi connectivity index (χ1) is 13.8. The number of aliphatic hydroxyl groups is 2. The van der Waals surface area contributed by atoms with Crippen LogP contribution in [-0.4, -0.2) is 51.6 Å². The molecule has 4 aliphatic carbocycles. The summed E-state index contributed by atoms with van der Waals surface area (Å²) in [7, 11) is 0. The molecule has 3 saturated carbocycles. The third-order valence-corrected chi connectivity index (χ3v) is 9.05. The summed E-state index contributed by atoms with van der Waals surface area (Å²) in [6, 6.07) is 0. The number of fused-ring (bicyclic) bond motifs is 5. The Labute approximate surface area is 178 Å². The van der Waals surface area contributed by atoms with Crippen LogP contribution in [0.25, 0.3) is 0 Å². The van der Waals surface area contributed by atoms with Gasteiger partial charge in [0.15, 0.2) is 17.7 Å². The lowest BCUT2D eigenvalue weighted by Gasteiger charge is -2.63. The van der Waals surface area contributed by atoms with Gasteiger partial charge in [-0.25, -0.2) is 8.78 Å². The highest BCUT2D eigenvalue weighted by Gasteiger charge is 2.76. The average molecular weight is 443 g/mol. The van der Waals surface area contributed by atoms with Crippen LogP contribution in [0, 0.1) is 28.6 Å². The Bertz CT molecular complexity index is 917. The number of alkyl halides is 2. The number of carbonyl (C=O) groups excluding carboxylic acids is 3. The predicted octanol–water partition coefficient (Wildman–Crippen LogP) is 2.62. The molecule has 164 valence electrons. The summed E-state index contributed by atoms with van der Waals surface area (Å²) in [6.45, 7) is 4.61. The maximum absolute atomic E-state index is 17.0. The van der Waals surface area contributed by atoms with Gasteiger partial charge in [0.2, 0.25) is 5.78 Å². The molecule has 0 heterocycles. The van der Waals surface area contributed by atoms with E-state index in [-0.39, 0.29) is 36.2 Å². The normalized spacial score (nSPS) is 52.5. The van der Waals surface area contributed by atoms with Crippen LogP contribution in [0.4, 0.5) is 8.78 Å². The van der Waals surface area contributed by atoms with E-state index < -0.39 is 63.7 Å². The van der Waals surface area contributed by atoms with E-state index in [1.165, 1.54) is 13.0 Å². The monoisotopic (exact) mass is 442 g/mol. The number of aldehydes is 1. The summed E-state index contributed by atoms with van der Waals surface area (Å²) >= 11 is 6.01. The van der Waals surface area contributed by atoms with Crippen molar-refractivity contribution >= 4 is 29.5 Å². The van der Waals surface area contributed by atoms with Crippen LogP contribution in [-0.2, 0) is 14.4 Å². The maximum Gasteiger partial charge on any atom is 0.227 e. The molecule has 5 nitrogen and oxygen atoms in total. The van der Waals surface area contributed by atoms with Crippen molar-refractivity contribution in [2.75, 3.05) is 0 Å².